The molecule has 0 atom stereocenters. The molecule has 0 spiro atoms. The summed E-state index contributed by atoms with van der Waals surface area (Å²) >= 11 is 3.18. The Bertz CT molecular complexity index is 629. The van der Waals surface area contributed by atoms with Crippen LogP contribution >= 0.6 is 22.7 Å². The highest BCUT2D eigenvalue weighted by atomic mass is 32.1. The first-order valence-corrected chi connectivity index (χ1v) is 10.7. The highest BCUT2D eigenvalue weighted by Gasteiger charge is 2.25. The summed E-state index contributed by atoms with van der Waals surface area (Å²) in [5.74, 6) is 3.40. The molecule has 1 aliphatic rings. The Kier molecular flexibility index (Phi) is 10.1. The maximum Gasteiger partial charge on any atom is 0.171 e. The molecule has 0 saturated heterocycles. The zero-order chi connectivity index (χ0) is 21.2. The molecule has 1 aliphatic heterocycles. The summed E-state index contributed by atoms with van der Waals surface area (Å²) in [5.41, 5.74) is -0.184. The van der Waals surface area contributed by atoms with Crippen LogP contribution in [0, 0.1) is 10.8 Å². The molecule has 2 N–H and O–H groups in total. The number of aliphatic hydroxyl groups excluding tert-OH is 2. The molecule has 0 aliphatic carbocycles. The largest absolute Gasteiger partial charge is 0.492 e. The van der Waals surface area contributed by atoms with Gasteiger partial charge in [-0.3, -0.25) is 0 Å². The molecule has 0 unspecified atom stereocenters. The molecular formula is C20H32O6S2. The summed E-state index contributed by atoms with van der Waals surface area (Å²) in [6.07, 6.45) is 0. The van der Waals surface area contributed by atoms with Crippen LogP contribution in [0.2, 0.25) is 0 Å². The molecule has 0 radical (unpaired) electrons. The van der Waals surface area contributed by atoms with Gasteiger partial charge < -0.3 is 29.2 Å². The van der Waals surface area contributed by atoms with E-state index in [1.807, 2.05) is 21.5 Å². The van der Waals surface area contributed by atoms with Gasteiger partial charge in [0.15, 0.2) is 23.0 Å². The fourth-order valence-corrected chi connectivity index (χ4v) is 3.12. The summed E-state index contributed by atoms with van der Waals surface area (Å²) in [6.45, 7) is 9.44. The lowest BCUT2D eigenvalue weighted by atomic mass is 9.97. The van der Waals surface area contributed by atoms with E-state index in [0.717, 1.165) is 36.2 Å². The molecule has 0 saturated carbocycles. The first kappa shape index (κ1) is 24.6. The number of aliphatic hydroxyl groups is 2. The lowest BCUT2D eigenvalue weighted by molar-refractivity contribution is 0.0857. The van der Waals surface area contributed by atoms with Crippen molar-refractivity contribution in [3.8, 4) is 23.0 Å². The third-order valence-corrected chi connectivity index (χ3v) is 5.12. The first-order valence-electron chi connectivity index (χ1n) is 8.85. The Labute approximate surface area is 175 Å². The van der Waals surface area contributed by atoms with Gasteiger partial charge >= 0.3 is 0 Å². The predicted molar refractivity (Wildman–Crippen MR) is 114 cm³/mol. The third-order valence-electron chi connectivity index (χ3n) is 3.72. The summed E-state index contributed by atoms with van der Waals surface area (Å²) in [6, 6.07) is 0. The van der Waals surface area contributed by atoms with Gasteiger partial charge in [-0.15, -0.1) is 22.7 Å². The molecule has 0 amide bonds. The van der Waals surface area contributed by atoms with Gasteiger partial charge in [0.2, 0.25) is 0 Å². The zero-order valence-electron chi connectivity index (χ0n) is 17.5. The molecule has 0 bridgehead atoms. The van der Waals surface area contributed by atoms with Crippen LogP contribution in [0.4, 0.5) is 0 Å². The summed E-state index contributed by atoms with van der Waals surface area (Å²) in [5, 5.41) is 24.6. The van der Waals surface area contributed by atoms with Crippen LogP contribution in [-0.2, 0) is 0 Å². The van der Waals surface area contributed by atoms with Crippen molar-refractivity contribution >= 4 is 22.7 Å². The number of fused-ring (bicyclic) bond motifs is 1. The molecular weight excluding hydrogens is 400 g/mol. The minimum Gasteiger partial charge on any atom is -0.492 e. The lowest BCUT2D eigenvalue weighted by Crippen LogP contribution is -2.26. The van der Waals surface area contributed by atoms with E-state index in [4.69, 9.17) is 29.2 Å². The number of hydrogen-bond donors (Lipinski definition) is 2. The first-order chi connectivity index (χ1) is 13.2. The normalized spacial score (nSPS) is 14.6. The van der Waals surface area contributed by atoms with Crippen molar-refractivity contribution in [1.29, 1.82) is 0 Å². The Balaban J connectivity index is 0.000000220. The van der Waals surface area contributed by atoms with E-state index >= 15 is 0 Å². The van der Waals surface area contributed by atoms with Gasteiger partial charge in [0.1, 0.15) is 0 Å². The number of methoxy groups -OCH3 is 2. The van der Waals surface area contributed by atoms with Gasteiger partial charge in [-0.05, 0) is 0 Å². The Hall–Kier alpha value is -1.48. The topological polar surface area (TPSA) is 77.4 Å². The molecule has 28 heavy (non-hydrogen) atoms. The molecule has 6 nitrogen and oxygen atoms in total. The number of thiophene rings is 2. The monoisotopic (exact) mass is 432 g/mol. The molecule has 0 fully saturated rings. The minimum atomic E-state index is -0.306. The average molecular weight is 433 g/mol. The second kappa shape index (κ2) is 11.5. The van der Waals surface area contributed by atoms with Gasteiger partial charge in [0.25, 0.3) is 0 Å². The van der Waals surface area contributed by atoms with Gasteiger partial charge in [-0.25, -0.2) is 0 Å². The van der Waals surface area contributed by atoms with E-state index in [9.17, 15) is 0 Å². The summed E-state index contributed by atoms with van der Waals surface area (Å²) in [7, 11) is 3.26. The summed E-state index contributed by atoms with van der Waals surface area (Å²) in [4.78, 5) is 0. The summed E-state index contributed by atoms with van der Waals surface area (Å²) < 4.78 is 21.1. The van der Waals surface area contributed by atoms with Crippen molar-refractivity contribution < 1.29 is 29.2 Å². The van der Waals surface area contributed by atoms with Crippen LogP contribution in [0.15, 0.2) is 21.5 Å². The van der Waals surface area contributed by atoms with Crippen LogP contribution in [0.3, 0.4) is 0 Å². The molecule has 160 valence electrons. The third kappa shape index (κ3) is 8.26. The Morgan fingerprint density at radius 2 is 1.29 bits per heavy atom. The smallest absolute Gasteiger partial charge is 0.171 e. The van der Waals surface area contributed by atoms with Crippen molar-refractivity contribution in [1.82, 2.24) is 0 Å². The van der Waals surface area contributed by atoms with Gasteiger partial charge in [-0.2, -0.15) is 0 Å². The Morgan fingerprint density at radius 1 is 0.893 bits per heavy atom. The molecule has 8 heteroatoms. The maximum atomic E-state index is 8.43. The minimum absolute atomic E-state index is 0.0451. The average Bonchev–Trinajstić information content (AvgIpc) is 3.31. The van der Waals surface area contributed by atoms with E-state index < -0.39 is 0 Å². The highest BCUT2D eigenvalue weighted by molar-refractivity contribution is 7.08. The highest BCUT2D eigenvalue weighted by Crippen LogP contribution is 2.36. The van der Waals surface area contributed by atoms with Crippen LogP contribution in [0.25, 0.3) is 0 Å². The zero-order valence-corrected chi connectivity index (χ0v) is 19.1. The van der Waals surface area contributed by atoms with Gasteiger partial charge in [0.05, 0.1) is 40.6 Å². The lowest BCUT2D eigenvalue weighted by Gasteiger charge is -2.19. The van der Waals surface area contributed by atoms with Crippen LogP contribution in [0.1, 0.15) is 27.7 Å². The van der Waals surface area contributed by atoms with Crippen molar-refractivity contribution in [2.24, 2.45) is 10.8 Å². The van der Waals surface area contributed by atoms with E-state index in [0.29, 0.717) is 0 Å². The van der Waals surface area contributed by atoms with Crippen LogP contribution < -0.4 is 18.9 Å². The predicted octanol–water partition coefficient (Wildman–Crippen LogP) is 4.31. The van der Waals surface area contributed by atoms with E-state index in [2.05, 4.69) is 13.8 Å². The van der Waals surface area contributed by atoms with Crippen molar-refractivity contribution in [2.75, 3.05) is 40.6 Å². The molecule has 3 heterocycles. The second-order valence-corrected chi connectivity index (χ2v) is 9.32. The van der Waals surface area contributed by atoms with Crippen LogP contribution in [0.5, 0.6) is 23.0 Å². The Morgan fingerprint density at radius 3 is 1.61 bits per heavy atom. The van der Waals surface area contributed by atoms with Gasteiger partial charge in [-0.1, -0.05) is 27.7 Å². The van der Waals surface area contributed by atoms with Crippen molar-refractivity contribution in [2.45, 2.75) is 27.7 Å². The standard InChI is InChI=1S/C9H12O2S.C6H8O2S.C5H12O2/c1-9(2)5-10-7-3-12-4-8(7)11-6-9;1-7-5-3-9-4-6(5)8-2;1-5(2,3-6)4-7/h3-4H,5-6H2,1-2H3;3-4H,1-2H3;6-7H,3-4H2,1-2H3. The van der Waals surface area contributed by atoms with Crippen molar-refractivity contribution in [3.63, 3.8) is 0 Å². The van der Waals surface area contributed by atoms with Crippen LogP contribution in [-0.4, -0.2) is 50.9 Å². The van der Waals surface area contributed by atoms with E-state index in [-0.39, 0.29) is 24.0 Å². The fraction of sp³-hybridized carbons (Fsp3) is 0.600. The second-order valence-electron chi connectivity index (χ2n) is 7.83. The molecule has 2 aromatic heterocycles. The fourth-order valence-electron chi connectivity index (χ4n) is 1.69. The number of hydrogen-bond acceptors (Lipinski definition) is 8. The number of ether oxygens (including phenoxy) is 4. The molecule has 3 rings (SSSR count). The maximum absolute atomic E-state index is 8.43. The van der Waals surface area contributed by atoms with E-state index in [1.54, 1.807) is 50.7 Å². The van der Waals surface area contributed by atoms with Crippen molar-refractivity contribution in [3.05, 3.63) is 21.5 Å². The number of rotatable bonds is 4. The van der Waals surface area contributed by atoms with E-state index in [1.165, 1.54) is 0 Å². The SMILES string of the molecule is CC(C)(CO)CO.CC1(C)COc2cscc2OC1.COc1cscc1OC. The quantitative estimate of drug-likeness (QED) is 0.750. The molecule has 2 aromatic rings. The van der Waals surface area contributed by atoms with Gasteiger partial charge in [0, 0.05) is 32.4 Å². The molecule has 0 aromatic carbocycles.